The van der Waals surface area contributed by atoms with Gasteiger partial charge in [-0.05, 0) is 61.0 Å². The highest BCUT2D eigenvalue weighted by atomic mass is 35.5. The molecule has 5 unspecified atom stereocenters. The summed E-state index contributed by atoms with van der Waals surface area (Å²) in [5, 5.41) is 1.25. The van der Waals surface area contributed by atoms with Gasteiger partial charge in [-0.25, -0.2) is 0 Å². The summed E-state index contributed by atoms with van der Waals surface area (Å²) < 4.78 is 6.87. The maximum absolute atomic E-state index is 6.87. The van der Waals surface area contributed by atoms with E-state index >= 15 is 0 Å². The van der Waals surface area contributed by atoms with Crippen LogP contribution in [0.2, 0.25) is 0 Å². The molecule has 1 aromatic carbocycles. The summed E-state index contributed by atoms with van der Waals surface area (Å²) in [5.74, 6) is 3.66. The van der Waals surface area contributed by atoms with Gasteiger partial charge in [-0.3, -0.25) is 0 Å². The van der Waals surface area contributed by atoms with Crippen molar-refractivity contribution >= 4 is 29.8 Å². The van der Waals surface area contributed by atoms with Crippen molar-refractivity contribution in [2.24, 2.45) is 23.7 Å². The monoisotopic (exact) mass is 468 g/mol. The van der Waals surface area contributed by atoms with Crippen molar-refractivity contribution in [2.75, 3.05) is 0 Å². The average molecular weight is 469 g/mol. The fourth-order valence-corrected chi connectivity index (χ4v) is 9.06. The van der Waals surface area contributed by atoms with Crippen molar-refractivity contribution in [1.29, 1.82) is 0 Å². The first kappa shape index (κ1) is 21.1. The normalized spacial score (nSPS) is 39.4. The summed E-state index contributed by atoms with van der Waals surface area (Å²) in [7, 11) is 0. The van der Waals surface area contributed by atoms with Crippen LogP contribution in [-0.4, -0.2) is 5.38 Å². The molecule has 0 bridgehead atoms. The molecule has 7 atom stereocenters. The molecule has 174 valence electrons. The second-order valence-corrected chi connectivity index (χ2v) is 11.9. The highest BCUT2D eigenvalue weighted by Crippen LogP contribution is 2.69. The van der Waals surface area contributed by atoms with E-state index < -0.39 is 0 Å². The molecule has 0 saturated heterocycles. The zero-order valence-corrected chi connectivity index (χ0v) is 20.7. The number of halogens is 1. The van der Waals surface area contributed by atoms with E-state index in [0.717, 1.165) is 24.2 Å². The van der Waals surface area contributed by atoms with E-state index in [0.29, 0.717) is 17.8 Å². The number of rotatable bonds is 2. The molecule has 2 fully saturated rings. The number of allylic oxidation sites excluding steroid dienone is 5. The van der Waals surface area contributed by atoms with E-state index in [-0.39, 0.29) is 16.2 Å². The van der Waals surface area contributed by atoms with Gasteiger partial charge >= 0.3 is 0 Å². The van der Waals surface area contributed by atoms with Crippen LogP contribution in [0.1, 0.15) is 62.3 Å². The molecule has 1 nitrogen and oxygen atoms in total. The highest BCUT2D eigenvalue weighted by Gasteiger charge is 2.68. The Kier molecular flexibility index (Phi) is 4.72. The third-order valence-corrected chi connectivity index (χ3v) is 10.3. The molecule has 2 heteroatoms. The first-order valence-electron chi connectivity index (χ1n) is 13.2. The van der Waals surface area contributed by atoms with Crippen LogP contribution in [0.4, 0.5) is 0 Å². The van der Waals surface area contributed by atoms with E-state index in [1.807, 2.05) is 0 Å². The van der Waals surface area contributed by atoms with Gasteiger partial charge in [0.1, 0.15) is 11.2 Å². The Balaban J connectivity index is 1.55. The van der Waals surface area contributed by atoms with Gasteiger partial charge < -0.3 is 4.42 Å². The van der Waals surface area contributed by atoms with E-state index in [2.05, 4.69) is 85.9 Å². The quantitative estimate of drug-likeness (QED) is 0.450. The van der Waals surface area contributed by atoms with Crippen LogP contribution in [0.25, 0.3) is 18.2 Å². The summed E-state index contributed by atoms with van der Waals surface area (Å²) in [4.78, 5) is 0. The second kappa shape index (κ2) is 7.62. The van der Waals surface area contributed by atoms with Gasteiger partial charge in [0.25, 0.3) is 0 Å². The molecule has 1 aromatic heterocycles. The largest absolute Gasteiger partial charge is 0.460 e. The molecule has 34 heavy (non-hydrogen) atoms. The van der Waals surface area contributed by atoms with E-state index in [9.17, 15) is 0 Å². The van der Waals surface area contributed by atoms with Gasteiger partial charge in [-0.15, -0.1) is 11.6 Å². The summed E-state index contributed by atoms with van der Waals surface area (Å²) in [6, 6.07) is 11.5. The molecule has 0 N–H and O–H groups in total. The Labute approximate surface area is 207 Å². The third kappa shape index (κ3) is 2.63. The van der Waals surface area contributed by atoms with Gasteiger partial charge in [0.15, 0.2) is 0 Å². The number of benzene rings is 1. The van der Waals surface area contributed by atoms with Crippen molar-refractivity contribution < 1.29 is 4.42 Å². The Morgan fingerprint density at radius 1 is 1.03 bits per heavy atom. The Bertz CT molecular complexity index is 1330. The molecule has 1 heterocycles. The number of fused-ring (bicyclic) bond motifs is 6. The molecule has 0 aliphatic heterocycles. The number of hydrogen-bond donors (Lipinski definition) is 0. The van der Waals surface area contributed by atoms with Crippen LogP contribution < -0.4 is 10.6 Å². The molecule has 7 rings (SSSR count). The molecule has 0 amide bonds. The number of furan rings is 1. The first-order valence-corrected chi connectivity index (χ1v) is 13.6. The van der Waals surface area contributed by atoms with E-state index in [4.69, 9.17) is 16.0 Å². The van der Waals surface area contributed by atoms with Gasteiger partial charge in [-0.1, -0.05) is 92.6 Å². The lowest BCUT2D eigenvalue weighted by atomic mass is 9.48. The zero-order valence-electron chi connectivity index (χ0n) is 19.9. The van der Waals surface area contributed by atoms with Crippen LogP contribution in [0, 0.1) is 23.7 Å². The fourth-order valence-electron chi connectivity index (χ4n) is 8.84. The van der Waals surface area contributed by atoms with Gasteiger partial charge in [0.2, 0.25) is 0 Å². The lowest BCUT2D eigenvalue weighted by Gasteiger charge is -2.54. The second-order valence-electron chi connectivity index (χ2n) is 11.3. The topological polar surface area (TPSA) is 13.1 Å². The van der Waals surface area contributed by atoms with Crippen LogP contribution in [0.5, 0.6) is 0 Å². The molecule has 2 aromatic rings. The summed E-state index contributed by atoms with van der Waals surface area (Å²) in [5.41, 5.74) is 3.66. The minimum Gasteiger partial charge on any atom is -0.460 e. The summed E-state index contributed by atoms with van der Waals surface area (Å²) >= 11 is 6.58. The Hall–Kier alpha value is -2.25. The Morgan fingerprint density at radius 3 is 2.74 bits per heavy atom. The fraction of sp³-hybridized carbons (Fsp3) is 0.438. The van der Waals surface area contributed by atoms with Crippen molar-refractivity contribution in [3.8, 4) is 0 Å². The van der Waals surface area contributed by atoms with Crippen molar-refractivity contribution in [3.63, 3.8) is 0 Å². The van der Waals surface area contributed by atoms with Gasteiger partial charge in [-0.2, -0.15) is 0 Å². The molecule has 5 aliphatic rings. The van der Waals surface area contributed by atoms with E-state index in [1.54, 1.807) is 0 Å². The van der Waals surface area contributed by atoms with Crippen molar-refractivity contribution in [3.05, 3.63) is 88.2 Å². The lowest BCUT2D eigenvalue weighted by molar-refractivity contribution is 0.0828. The standard InChI is InChI=1S/C32H33ClO/c1-31(19-9-14-25-26-20-22(33)17-18-29(26)34-30(25)31)32(21-10-3-2-4-11-21)27-15-7-5-12-23(27)24-13-6-8-16-28(24)32/h2-5,7,9-12,14-15,18,20,22-24,27-28H,6,8,13,16-17,19H2,1H3/t22?,23?,24?,27?,28?,31-,32-/m1/s1. The predicted octanol–water partition coefficient (Wildman–Crippen LogP) is 6.64. The van der Waals surface area contributed by atoms with Crippen LogP contribution >= 0.6 is 11.6 Å². The maximum atomic E-state index is 6.87. The van der Waals surface area contributed by atoms with Gasteiger partial charge in [0, 0.05) is 21.6 Å². The highest BCUT2D eigenvalue weighted by molar-refractivity contribution is 6.24. The number of hydrogen-bond acceptors (Lipinski definition) is 1. The smallest absolute Gasteiger partial charge is 0.130 e. The molecule has 0 radical (unpaired) electrons. The first-order chi connectivity index (χ1) is 16.6. The minimum atomic E-state index is -0.130. The summed E-state index contributed by atoms with van der Waals surface area (Å²) in [6.45, 7) is 2.52. The lowest BCUT2D eigenvalue weighted by Crippen LogP contribution is -2.55. The SMILES string of the molecule is C[C@@]1([C@]2(c3ccccc3)C3C=CC=CC3C3CCCCC32)CC=Cc2c1oc1c2=CC(Cl)CC=1. The molecule has 2 saturated carbocycles. The number of alkyl halides is 1. The summed E-state index contributed by atoms with van der Waals surface area (Å²) in [6.07, 6.45) is 26.1. The third-order valence-electron chi connectivity index (χ3n) is 9.97. The molecular formula is C32H33ClO. The molecular weight excluding hydrogens is 436 g/mol. The molecule has 5 aliphatic carbocycles. The molecule has 0 spiro atoms. The van der Waals surface area contributed by atoms with Gasteiger partial charge in [0.05, 0.1) is 5.38 Å². The van der Waals surface area contributed by atoms with Crippen molar-refractivity contribution in [1.82, 2.24) is 0 Å². The zero-order chi connectivity index (χ0) is 22.9. The Morgan fingerprint density at radius 2 is 1.85 bits per heavy atom. The maximum Gasteiger partial charge on any atom is 0.130 e. The van der Waals surface area contributed by atoms with Crippen LogP contribution in [-0.2, 0) is 10.8 Å². The predicted molar refractivity (Wildman–Crippen MR) is 141 cm³/mol. The van der Waals surface area contributed by atoms with Crippen molar-refractivity contribution in [2.45, 2.75) is 61.7 Å². The average Bonchev–Trinajstić information content (AvgIpc) is 3.40. The van der Waals surface area contributed by atoms with E-state index in [1.165, 1.54) is 47.8 Å². The van der Waals surface area contributed by atoms with Crippen LogP contribution in [0.15, 0.2) is 65.1 Å². The minimum absolute atomic E-state index is 0.00834. The van der Waals surface area contributed by atoms with Crippen LogP contribution in [0.3, 0.4) is 0 Å².